The van der Waals surface area contributed by atoms with E-state index >= 15 is 0 Å². The zero-order chi connectivity index (χ0) is 17.8. The number of amides is 1. The molecule has 0 aliphatic carbocycles. The number of piperazine rings is 1. The van der Waals surface area contributed by atoms with Crippen LogP contribution in [0.15, 0.2) is 36.4 Å². The monoisotopic (exact) mass is 338 g/mol. The number of hydrogen-bond acceptors (Lipinski definition) is 4. The molecule has 3 rings (SSSR count). The summed E-state index contributed by atoms with van der Waals surface area (Å²) in [6.07, 6.45) is 0.565. The molecule has 1 aromatic heterocycles. The number of carbonyl (C=O) groups excluding carboxylic acids is 1. The molecule has 132 valence electrons. The summed E-state index contributed by atoms with van der Waals surface area (Å²) < 4.78 is 0. The molecule has 0 N–H and O–H groups in total. The van der Waals surface area contributed by atoms with Gasteiger partial charge in [0.2, 0.25) is 5.91 Å². The minimum atomic E-state index is 0.242. The van der Waals surface area contributed by atoms with Crippen molar-refractivity contribution in [2.45, 2.75) is 33.1 Å². The van der Waals surface area contributed by atoms with Gasteiger partial charge in [0.05, 0.1) is 0 Å². The van der Waals surface area contributed by atoms with Crippen LogP contribution in [0.2, 0.25) is 0 Å². The van der Waals surface area contributed by atoms with Crippen molar-refractivity contribution in [2.75, 3.05) is 31.1 Å². The van der Waals surface area contributed by atoms with Crippen LogP contribution in [0.4, 0.5) is 5.82 Å². The number of aryl methyl sites for hydroxylation is 2. The van der Waals surface area contributed by atoms with E-state index in [-0.39, 0.29) is 11.8 Å². The minimum absolute atomic E-state index is 0.242. The van der Waals surface area contributed by atoms with Gasteiger partial charge in [-0.3, -0.25) is 4.79 Å². The second-order valence-corrected chi connectivity index (χ2v) is 6.80. The molecule has 0 unspecified atom stereocenters. The van der Waals surface area contributed by atoms with Gasteiger partial charge in [-0.15, -0.1) is 0 Å². The van der Waals surface area contributed by atoms with E-state index in [1.165, 1.54) is 5.56 Å². The van der Waals surface area contributed by atoms with Gasteiger partial charge in [-0.25, -0.2) is 9.97 Å². The molecule has 1 aliphatic rings. The summed E-state index contributed by atoms with van der Waals surface area (Å²) >= 11 is 0. The lowest BCUT2D eigenvalue weighted by atomic mass is 9.97. The number of aromatic nitrogens is 2. The van der Waals surface area contributed by atoms with Gasteiger partial charge in [0.15, 0.2) is 0 Å². The fourth-order valence-corrected chi connectivity index (χ4v) is 3.33. The SMILES string of the molecule is Cc1cc(N2CCN(C(=O)C[C@H](C)c3ccccc3)CC2)nc(C)n1. The third-order valence-corrected chi connectivity index (χ3v) is 4.76. The smallest absolute Gasteiger partial charge is 0.223 e. The Hall–Kier alpha value is -2.43. The minimum Gasteiger partial charge on any atom is -0.353 e. The molecule has 1 aliphatic heterocycles. The highest BCUT2D eigenvalue weighted by molar-refractivity contribution is 5.77. The first-order valence-corrected chi connectivity index (χ1v) is 8.93. The number of benzene rings is 1. The standard InChI is InChI=1S/C20H26N4O/c1-15(18-7-5-4-6-8-18)13-20(25)24-11-9-23(10-12-24)19-14-16(2)21-17(3)22-19/h4-8,14-15H,9-13H2,1-3H3/t15-/m0/s1. The summed E-state index contributed by atoms with van der Waals surface area (Å²) in [6, 6.07) is 12.3. The van der Waals surface area contributed by atoms with Gasteiger partial charge in [-0.2, -0.15) is 0 Å². The molecule has 2 aromatic rings. The van der Waals surface area contributed by atoms with Crippen molar-refractivity contribution in [3.05, 3.63) is 53.5 Å². The maximum atomic E-state index is 12.6. The van der Waals surface area contributed by atoms with Crippen LogP contribution in [0, 0.1) is 13.8 Å². The van der Waals surface area contributed by atoms with E-state index in [0.717, 1.165) is 43.5 Å². The van der Waals surface area contributed by atoms with E-state index < -0.39 is 0 Å². The number of hydrogen-bond donors (Lipinski definition) is 0. The lowest BCUT2D eigenvalue weighted by Gasteiger charge is -2.36. The molecule has 5 nitrogen and oxygen atoms in total. The van der Waals surface area contributed by atoms with E-state index in [1.54, 1.807) is 0 Å². The van der Waals surface area contributed by atoms with Crippen LogP contribution in [0.5, 0.6) is 0 Å². The van der Waals surface area contributed by atoms with Crippen LogP contribution in [0.3, 0.4) is 0 Å². The summed E-state index contributed by atoms with van der Waals surface area (Å²) in [4.78, 5) is 25.7. The number of nitrogens with zero attached hydrogens (tertiary/aromatic N) is 4. The first kappa shape index (κ1) is 17.4. The van der Waals surface area contributed by atoms with Crippen molar-refractivity contribution >= 4 is 11.7 Å². The summed E-state index contributed by atoms with van der Waals surface area (Å²) in [5.41, 5.74) is 2.21. The van der Waals surface area contributed by atoms with Crippen molar-refractivity contribution in [1.29, 1.82) is 0 Å². The first-order valence-electron chi connectivity index (χ1n) is 8.93. The molecule has 1 aromatic carbocycles. The quantitative estimate of drug-likeness (QED) is 0.860. The molecular weight excluding hydrogens is 312 g/mol. The third kappa shape index (κ3) is 4.35. The molecule has 25 heavy (non-hydrogen) atoms. The highest BCUT2D eigenvalue weighted by atomic mass is 16.2. The molecule has 1 saturated heterocycles. The van der Waals surface area contributed by atoms with Gasteiger partial charge in [0.1, 0.15) is 11.6 Å². The van der Waals surface area contributed by atoms with Crippen LogP contribution < -0.4 is 4.90 Å². The van der Waals surface area contributed by atoms with Crippen molar-refractivity contribution < 1.29 is 4.79 Å². The highest BCUT2D eigenvalue weighted by Gasteiger charge is 2.23. The molecule has 1 fully saturated rings. The number of carbonyl (C=O) groups is 1. The van der Waals surface area contributed by atoms with Gasteiger partial charge in [0.25, 0.3) is 0 Å². The zero-order valence-corrected chi connectivity index (χ0v) is 15.3. The molecule has 5 heteroatoms. The van der Waals surface area contributed by atoms with Crippen molar-refractivity contribution in [3.63, 3.8) is 0 Å². The van der Waals surface area contributed by atoms with E-state index in [0.29, 0.717) is 6.42 Å². The van der Waals surface area contributed by atoms with Crippen LogP contribution in [0.25, 0.3) is 0 Å². The van der Waals surface area contributed by atoms with Crippen LogP contribution in [0.1, 0.15) is 36.3 Å². The Balaban J connectivity index is 1.55. The second kappa shape index (κ2) is 7.64. The van der Waals surface area contributed by atoms with Crippen LogP contribution in [-0.2, 0) is 4.79 Å². The average Bonchev–Trinajstić information content (AvgIpc) is 2.61. The highest BCUT2D eigenvalue weighted by Crippen LogP contribution is 2.21. The van der Waals surface area contributed by atoms with Crippen molar-refractivity contribution in [2.24, 2.45) is 0 Å². The van der Waals surface area contributed by atoms with E-state index in [1.807, 2.05) is 43.0 Å². The molecule has 1 atom stereocenters. The summed E-state index contributed by atoms with van der Waals surface area (Å²) in [7, 11) is 0. The van der Waals surface area contributed by atoms with Crippen molar-refractivity contribution in [3.8, 4) is 0 Å². The topological polar surface area (TPSA) is 49.3 Å². The average molecular weight is 338 g/mol. The zero-order valence-electron chi connectivity index (χ0n) is 15.3. The largest absolute Gasteiger partial charge is 0.353 e. The van der Waals surface area contributed by atoms with Gasteiger partial charge in [-0.05, 0) is 25.3 Å². The van der Waals surface area contributed by atoms with Gasteiger partial charge in [0, 0.05) is 44.4 Å². The molecule has 0 bridgehead atoms. The Morgan fingerprint density at radius 3 is 2.40 bits per heavy atom. The summed E-state index contributed by atoms with van der Waals surface area (Å²) in [5, 5.41) is 0. The molecule has 0 spiro atoms. The normalized spacial score (nSPS) is 16.0. The predicted octanol–water partition coefficient (Wildman–Crippen LogP) is 2.94. The predicted molar refractivity (Wildman–Crippen MR) is 99.8 cm³/mol. The summed E-state index contributed by atoms with van der Waals surface area (Å²) in [5.74, 6) is 2.25. The molecular formula is C20H26N4O. The first-order chi connectivity index (χ1) is 12.0. The maximum Gasteiger partial charge on any atom is 0.223 e. The van der Waals surface area contributed by atoms with E-state index in [9.17, 15) is 4.79 Å². The molecule has 1 amide bonds. The molecule has 0 radical (unpaired) electrons. The maximum absolute atomic E-state index is 12.6. The van der Waals surface area contributed by atoms with Crippen molar-refractivity contribution in [1.82, 2.24) is 14.9 Å². The molecule has 0 saturated carbocycles. The lowest BCUT2D eigenvalue weighted by molar-refractivity contribution is -0.131. The Bertz CT molecular complexity index is 703. The van der Waals surface area contributed by atoms with Gasteiger partial charge >= 0.3 is 0 Å². The van der Waals surface area contributed by atoms with Gasteiger partial charge in [-0.1, -0.05) is 37.3 Å². The van der Waals surface area contributed by atoms with Crippen LogP contribution >= 0.6 is 0 Å². The molecule has 2 heterocycles. The Morgan fingerprint density at radius 1 is 1.08 bits per heavy atom. The number of anilines is 1. The lowest BCUT2D eigenvalue weighted by Crippen LogP contribution is -2.49. The Kier molecular flexibility index (Phi) is 5.31. The number of rotatable bonds is 4. The van der Waals surface area contributed by atoms with Crippen LogP contribution in [-0.4, -0.2) is 47.0 Å². The van der Waals surface area contributed by atoms with E-state index in [4.69, 9.17) is 0 Å². The fourth-order valence-electron chi connectivity index (χ4n) is 3.33. The fraction of sp³-hybridized carbons (Fsp3) is 0.450. The third-order valence-electron chi connectivity index (χ3n) is 4.76. The Morgan fingerprint density at radius 2 is 1.76 bits per heavy atom. The summed E-state index contributed by atoms with van der Waals surface area (Å²) in [6.45, 7) is 9.17. The van der Waals surface area contributed by atoms with E-state index in [2.05, 4.69) is 33.9 Å². The Labute approximate surface area is 149 Å². The second-order valence-electron chi connectivity index (χ2n) is 6.80. The van der Waals surface area contributed by atoms with Gasteiger partial charge < -0.3 is 9.80 Å².